The van der Waals surface area contributed by atoms with Crippen LogP contribution in [0.15, 0.2) is 30.0 Å². The van der Waals surface area contributed by atoms with Crippen LogP contribution in [0.4, 0.5) is 0 Å². The van der Waals surface area contributed by atoms with E-state index in [1.807, 2.05) is 0 Å². The summed E-state index contributed by atoms with van der Waals surface area (Å²) in [6.45, 7) is 1.52. The van der Waals surface area contributed by atoms with Crippen LogP contribution in [-0.2, 0) is 9.59 Å². The molecule has 0 radical (unpaired) electrons. The topological polar surface area (TPSA) is 110 Å². The van der Waals surface area contributed by atoms with Crippen molar-refractivity contribution < 1.29 is 54.2 Å². The van der Waals surface area contributed by atoms with E-state index in [9.17, 15) is 24.6 Å². The molecular weight excluding hydrogens is 335 g/mol. The Balaban J connectivity index is 0.00000225. The van der Waals surface area contributed by atoms with E-state index in [4.69, 9.17) is 0 Å². The largest absolute Gasteiger partial charge is 1.00 e. The number of nitrogens with zero attached hydrogens (tertiary/aromatic N) is 1. The monoisotopic (exact) mass is 352 g/mol. The maximum atomic E-state index is 12.1. The van der Waals surface area contributed by atoms with E-state index in [1.54, 1.807) is 24.3 Å². The Labute approximate surface area is 167 Å². The molecule has 1 aromatic carbocycles. The van der Waals surface area contributed by atoms with Crippen molar-refractivity contribution in [1.82, 2.24) is 10.2 Å². The molecule has 7 nitrogen and oxygen atoms in total. The number of aliphatic carboxylic acids is 1. The molecule has 0 spiro atoms. The number of aliphatic hydroxyl groups excluding tert-OH is 1. The van der Waals surface area contributed by atoms with Crippen molar-refractivity contribution in [2.45, 2.75) is 25.5 Å². The molecule has 2 N–H and O–H groups in total. The molecule has 3 rings (SSSR count). The molecule has 0 aliphatic carbocycles. The van der Waals surface area contributed by atoms with Gasteiger partial charge in [0.1, 0.15) is 0 Å². The number of aliphatic hydroxyl groups is 1. The quantitative estimate of drug-likeness (QED) is 0.426. The molecule has 126 valence electrons. The molecule has 2 aliphatic heterocycles. The molecule has 2 heterocycles. The Morgan fingerprint density at radius 3 is 2.40 bits per heavy atom. The van der Waals surface area contributed by atoms with Crippen LogP contribution in [0.5, 0.6) is 0 Å². The smallest absolute Gasteiger partial charge is 0.543 e. The van der Waals surface area contributed by atoms with Crippen LogP contribution in [-0.4, -0.2) is 47.0 Å². The maximum Gasteiger partial charge on any atom is 1.00 e. The fourth-order valence-corrected chi connectivity index (χ4v) is 3.48. The average Bonchev–Trinajstić information content (AvgIpc) is 2.89. The first-order chi connectivity index (χ1) is 11.4. The Morgan fingerprint density at radius 1 is 1.32 bits per heavy atom. The fraction of sp³-hybridized carbons (Fsp3) is 0.353. The summed E-state index contributed by atoms with van der Waals surface area (Å²) < 4.78 is 0. The van der Waals surface area contributed by atoms with Gasteiger partial charge in [-0.05, 0) is 36.6 Å². The normalized spacial score (nSPS) is 22.7. The predicted molar refractivity (Wildman–Crippen MR) is 82.2 cm³/mol. The summed E-state index contributed by atoms with van der Waals surface area (Å²) in [7, 11) is 1.52. The summed E-state index contributed by atoms with van der Waals surface area (Å²) in [6, 6.07) is 6.13. The van der Waals surface area contributed by atoms with Gasteiger partial charge in [0.05, 0.1) is 29.7 Å². The zero-order valence-corrected chi connectivity index (χ0v) is 16.3. The molecule has 0 saturated carbocycles. The molecule has 0 bridgehead atoms. The van der Waals surface area contributed by atoms with E-state index in [0.717, 1.165) is 0 Å². The minimum atomic E-state index is -1.42. The van der Waals surface area contributed by atoms with Crippen molar-refractivity contribution in [1.29, 1.82) is 0 Å². The number of carboxylic acids is 1. The maximum absolute atomic E-state index is 12.1. The first kappa shape index (κ1) is 19.7. The van der Waals surface area contributed by atoms with Crippen LogP contribution in [0.25, 0.3) is 5.57 Å². The van der Waals surface area contributed by atoms with Gasteiger partial charge < -0.3 is 25.2 Å². The van der Waals surface area contributed by atoms with Crippen LogP contribution >= 0.6 is 0 Å². The Morgan fingerprint density at radius 2 is 1.92 bits per heavy atom. The van der Waals surface area contributed by atoms with E-state index >= 15 is 0 Å². The molecule has 0 aromatic heterocycles. The number of carbonyl (C=O) groups is 3. The van der Waals surface area contributed by atoms with Gasteiger partial charge in [-0.3, -0.25) is 9.59 Å². The summed E-state index contributed by atoms with van der Waals surface area (Å²) in [5, 5.41) is 23.8. The number of rotatable bonds is 4. The molecule has 25 heavy (non-hydrogen) atoms. The number of hydrogen-bond donors (Lipinski definition) is 2. The van der Waals surface area contributed by atoms with Crippen molar-refractivity contribution in [2.24, 2.45) is 5.92 Å². The summed E-state index contributed by atoms with van der Waals surface area (Å²) in [4.78, 5) is 36.5. The van der Waals surface area contributed by atoms with Gasteiger partial charge >= 0.3 is 29.6 Å². The number of amides is 2. The molecule has 8 heteroatoms. The second kappa shape index (κ2) is 7.29. The second-order valence-corrected chi connectivity index (χ2v) is 6.02. The number of fused-ring (bicyclic) bond motifs is 1. The Kier molecular flexibility index (Phi) is 5.73. The third-order valence-electron chi connectivity index (χ3n) is 4.64. The van der Waals surface area contributed by atoms with Crippen molar-refractivity contribution in [3.05, 3.63) is 41.1 Å². The third kappa shape index (κ3) is 3.13. The van der Waals surface area contributed by atoms with Gasteiger partial charge in [0.2, 0.25) is 5.91 Å². The molecule has 1 saturated heterocycles. The van der Waals surface area contributed by atoms with Crippen molar-refractivity contribution in [2.75, 3.05) is 7.05 Å². The molecule has 0 unspecified atom stereocenters. The van der Waals surface area contributed by atoms with Gasteiger partial charge in [-0.1, -0.05) is 12.1 Å². The van der Waals surface area contributed by atoms with Gasteiger partial charge in [-0.15, -0.1) is 0 Å². The summed E-state index contributed by atoms with van der Waals surface area (Å²) in [5.41, 5.74) is 1.42. The molecule has 3 atom stereocenters. The van der Waals surface area contributed by atoms with Crippen LogP contribution in [0.3, 0.4) is 0 Å². The minimum Gasteiger partial charge on any atom is -0.543 e. The molecule has 2 aliphatic rings. The minimum absolute atomic E-state index is 0. The zero-order valence-electron chi connectivity index (χ0n) is 14.3. The molecule has 2 amide bonds. The number of hydrogen-bond acceptors (Lipinski definition) is 5. The first-order valence-electron chi connectivity index (χ1n) is 7.65. The number of nitrogens with one attached hydrogen (secondary N) is 1. The number of β-lactam (4-membered cyclic amide) rings is 1. The molecule has 1 fully saturated rings. The van der Waals surface area contributed by atoms with Crippen molar-refractivity contribution >= 4 is 23.4 Å². The molecular formula is C17H17N2NaO5. The Hall–Kier alpha value is -1.67. The zero-order chi connectivity index (χ0) is 17.6. The van der Waals surface area contributed by atoms with E-state index in [2.05, 4.69) is 5.32 Å². The summed E-state index contributed by atoms with van der Waals surface area (Å²) in [6.07, 6.45) is -0.499. The van der Waals surface area contributed by atoms with E-state index < -0.39 is 23.9 Å². The average molecular weight is 352 g/mol. The van der Waals surface area contributed by atoms with Crippen LogP contribution in [0.2, 0.25) is 0 Å². The number of carboxylic acid groups (broad SMARTS) is 1. The predicted octanol–water partition coefficient (Wildman–Crippen LogP) is -3.88. The van der Waals surface area contributed by atoms with Crippen molar-refractivity contribution in [3.63, 3.8) is 0 Å². The van der Waals surface area contributed by atoms with E-state index in [1.165, 1.54) is 18.9 Å². The van der Waals surface area contributed by atoms with E-state index in [0.29, 0.717) is 23.1 Å². The standard InChI is InChI=1S/C17H18N2O5.Na/c1-8(20)13-12-7-11(14(17(23)24)19(12)16(13)22)9-3-5-10(6-4-9)15(21)18-2;/h3-6,8,12-13,20H,7H2,1-2H3,(H,18,21)(H,23,24);/q;+1/p-1/t8-,12-,13-;/m1./s1. The summed E-state index contributed by atoms with van der Waals surface area (Å²) >= 11 is 0. The van der Waals surface area contributed by atoms with Crippen LogP contribution in [0.1, 0.15) is 29.3 Å². The fourth-order valence-electron chi connectivity index (χ4n) is 3.48. The SMILES string of the molecule is CNC(=O)c1ccc(C2=C(C(=O)[O-])N3C(=O)[C@H]([C@@H](C)O)[C@H]3C2)cc1.[Na+]. The van der Waals surface area contributed by atoms with Gasteiger partial charge in [-0.2, -0.15) is 0 Å². The van der Waals surface area contributed by atoms with Crippen LogP contribution < -0.4 is 40.0 Å². The summed E-state index contributed by atoms with van der Waals surface area (Å²) in [5.74, 6) is -2.65. The first-order valence-corrected chi connectivity index (χ1v) is 7.65. The third-order valence-corrected chi connectivity index (χ3v) is 4.64. The van der Waals surface area contributed by atoms with Gasteiger partial charge in [-0.25, -0.2) is 0 Å². The van der Waals surface area contributed by atoms with Crippen LogP contribution in [0, 0.1) is 5.92 Å². The Bertz CT molecular complexity index is 757. The van der Waals surface area contributed by atoms with Gasteiger partial charge in [0.25, 0.3) is 5.91 Å². The molecule has 1 aromatic rings. The second-order valence-electron chi connectivity index (χ2n) is 6.02. The number of carbonyl (C=O) groups excluding carboxylic acids is 3. The number of benzene rings is 1. The van der Waals surface area contributed by atoms with Gasteiger partial charge in [0, 0.05) is 12.6 Å². The van der Waals surface area contributed by atoms with E-state index in [-0.39, 0.29) is 47.2 Å². The van der Waals surface area contributed by atoms with Gasteiger partial charge in [0.15, 0.2) is 0 Å². The van der Waals surface area contributed by atoms with Crippen molar-refractivity contribution in [3.8, 4) is 0 Å².